The summed E-state index contributed by atoms with van der Waals surface area (Å²) < 4.78 is 0. The van der Waals surface area contributed by atoms with Crippen LogP contribution >= 0.6 is 0 Å². The Labute approximate surface area is 67.8 Å². The highest BCUT2D eigenvalue weighted by molar-refractivity contribution is 5.88. The van der Waals surface area contributed by atoms with Gasteiger partial charge in [0.25, 0.3) is 0 Å². The Hall–Kier alpha value is -1.85. The molecule has 1 aromatic heterocycles. The number of rotatable bonds is 2. The van der Waals surface area contributed by atoms with Crippen LogP contribution in [-0.2, 0) is 9.59 Å². The molecule has 6 nitrogen and oxygen atoms in total. The Bertz CT molecular complexity index is 202. The Kier molecular flexibility index (Phi) is 4.99. The first-order valence-corrected chi connectivity index (χ1v) is 3.00. The summed E-state index contributed by atoms with van der Waals surface area (Å²) in [5.41, 5.74) is 0. The summed E-state index contributed by atoms with van der Waals surface area (Å²) in [6.45, 7) is 0. The van der Waals surface area contributed by atoms with E-state index in [2.05, 4.69) is 10.2 Å². The summed E-state index contributed by atoms with van der Waals surface area (Å²) in [6, 6.07) is 1.83. The number of carbonyl (C=O) groups is 2. The molecule has 0 saturated heterocycles. The topological polar surface area (TPSA) is 103 Å². The second-order valence-electron chi connectivity index (χ2n) is 1.73. The van der Waals surface area contributed by atoms with Crippen LogP contribution in [0.5, 0.6) is 0 Å². The number of nitrogens with zero attached hydrogens (tertiary/aromatic N) is 1. The molecule has 0 atom stereocenters. The predicted octanol–water partition coefficient (Wildman–Crippen LogP) is -0.0446. The lowest BCUT2D eigenvalue weighted by atomic mass is 10.5. The van der Waals surface area contributed by atoms with Crippen molar-refractivity contribution < 1.29 is 19.8 Å². The van der Waals surface area contributed by atoms with Gasteiger partial charge in [0.2, 0.25) is 0 Å². The molecule has 0 aliphatic rings. The number of carboxylic acid groups (broad SMARTS) is 2. The van der Waals surface area contributed by atoms with E-state index >= 15 is 0 Å². The maximum absolute atomic E-state index is 9.43. The van der Waals surface area contributed by atoms with Crippen LogP contribution in [0.4, 0.5) is 0 Å². The number of aromatic nitrogens is 2. The maximum atomic E-state index is 9.43. The highest BCUT2D eigenvalue weighted by Gasteiger charge is 2.01. The zero-order valence-corrected chi connectivity index (χ0v) is 6.10. The zero-order valence-electron chi connectivity index (χ0n) is 6.10. The van der Waals surface area contributed by atoms with Gasteiger partial charge in [-0.15, -0.1) is 0 Å². The van der Waals surface area contributed by atoms with Crippen LogP contribution in [0.25, 0.3) is 0 Å². The number of H-pyrrole nitrogens is 1. The number of hydrogen-bond donors (Lipinski definition) is 3. The van der Waals surface area contributed by atoms with Crippen molar-refractivity contribution in [3.05, 3.63) is 18.5 Å². The molecular weight excluding hydrogens is 164 g/mol. The van der Waals surface area contributed by atoms with Gasteiger partial charge in [0.1, 0.15) is 6.42 Å². The van der Waals surface area contributed by atoms with E-state index in [1.54, 1.807) is 12.4 Å². The molecule has 0 amide bonds. The standard InChI is InChI=1S/C3H4N2.C3H4O4/c1-2-4-5-3-1;4-2(5)1-3(6)7/h1-3H,(H,4,5);1H2,(H,4,5)(H,6,7). The molecule has 12 heavy (non-hydrogen) atoms. The Morgan fingerprint density at radius 2 is 1.92 bits per heavy atom. The van der Waals surface area contributed by atoms with E-state index in [1.165, 1.54) is 0 Å². The van der Waals surface area contributed by atoms with E-state index in [4.69, 9.17) is 10.2 Å². The lowest BCUT2D eigenvalue weighted by molar-refractivity contribution is -0.147. The van der Waals surface area contributed by atoms with Crippen LogP contribution in [0.15, 0.2) is 18.5 Å². The predicted molar refractivity (Wildman–Crippen MR) is 38.5 cm³/mol. The minimum atomic E-state index is -1.31. The highest BCUT2D eigenvalue weighted by atomic mass is 16.4. The molecule has 0 aliphatic heterocycles. The lowest BCUT2D eigenvalue weighted by Gasteiger charge is -1.80. The van der Waals surface area contributed by atoms with E-state index < -0.39 is 18.4 Å². The molecule has 0 fully saturated rings. The number of nitrogens with one attached hydrogen (secondary N) is 1. The van der Waals surface area contributed by atoms with Crippen LogP contribution < -0.4 is 0 Å². The van der Waals surface area contributed by atoms with E-state index in [9.17, 15) is 9.59 Å². The fourth-order valence-corrected chi connectivity index (χ4v) is 0.345. The monoisotopic (exact) mass is 172 g/mol. The first kappa shape index (κ1) is 10.2. The summed E-state index contributed by atoms with van der Waals surface area (Å²) in [5.74, 6) is -2.62. The van der Waals surface area contributed by atoms with Crippen molar-refractivity contribution >= 4 is 11.9 Å². The van der Waals surface area contributed by atoms with Gasteiger partial charge in [-0.3, -0.25) is 14.7 Å². The van der Waals surface area contributed by atoms with Gasteiger partial charge in [0.15, 0.2) is 0 Å². The number of aliphatic carboxylic acids is 2. The smallest absolute Gasteiger partial charge is 0.314 e. The van der Waals surface area contributed by atoms with Crippen molar-refractivity contribution in [1.29, 1.82) is 0 Å². The average molecular weight is 172 g/mol. The Morgan fingerprint density at radius 1 is 1.33 bits per heavy atom. The fourth-order valence-electron chi connectivity index (χ4n) is 0.345. The van der Waals surface area contributed by atoms with Gasteiger partial charge in [0, 0.05) is 12.4 Å². The molecule has 1 rings (SSSR count). The van der Waals surface area contributed by atoms with Crippen LogP contribution in [0.3, 0.4) is 0 Å². The van der Waals surface area contributed by atoms with Crippen molar-refractivity contribution in [3.8, 4) is 0 Å². The fraction of sp³-hybridized carbons (Fsp3) is 0.167. The summed E-state index contributed by atoms with van der Waals surface area (Å²) in [7, 11) is 0. The largest absolute Gasteiger partial charge is 0.481 e. The molecule has 0 aliphatic carbocycles. The van der Waals surface area contributed by atoms with Crippen LogP contribution in [0.1, 0.15) is 6.42 Å². The average Bonchev–Trinajstić information content (AvgIpc) is 2.36. The highest BCUT2D eigenvalue weighted by Crippen LogP contribution is 1.74. The number of carboxylic acids is 2. The van der Waals surface area contributed by atoms with Crippen LogP contribution in [0, 0.1) is 0 Å². The van der Waals surface area contributed by atoms with Gasteiger partial charge in [-0.1, -0.05) is 0 Å². The van der Waals surface area contributed by atoms with Crippen molar-refractivity contribution in [2.24, 2.45) is 0 Å². The number of aromatic amines is 1. The van der Waals surface area contributed by atoms with Crippen molar-refractivity contribution in [2.45, 2.75) is 6.42 Å². The second kappa shape index (κ2) is 5.90. The van der Waals surface area contributed by atoms with Gasteiger partial charge in [-0.25, -0.2) is 0 Å². The SMILES string of the molecule is O=C(O)CC(=O)O.c1cn[nH]c1. The number of hydrogen-bond acceptors (Lipinski definition) is 3. The molecule has 66 valence electrons. The minimum absolute atomic E-state index is 0.806. The summed E-state index contributed by atoms with van der Waals surface area (Å²) in [5, 5.41) is 21.6. The van der Waals surface area contributed by atoms with Crippen molar-refractivity contribution in [3.63, 3.8) is 0 Å². The van der Waals surface area contributed by atoms with Gasteiger partial charge in [0.05, 0.1) is 0 Å². The third kappa shape index (κ3) is 8.15. The minimum Gasteiger partial charge on any atom is -0.481 e. The first-order chi connectivity index (χ1) is 5.63. The lowest BCUT2D eigenvalue weighted by Crippen LogP contribution is -2.03. The van der Waals surface area contributed by atoms with Crippen molar-refractivity contribution in [2.75, 3.05) is 0 Å². The van der Waals surface area contributed by atoms with Gasteiger partial charge >= 0.3 is 11.9 Å². The third-order valence-electron chi connectivity index (χ3n) is 0.708. The normalized spacial score (nSPS) is 8.00. The quantitative estimate of drug-likeness (QED) is 0.543. The maximum Gasteiger partial charge on any atom is 0.314 e. The zero-order chi connectivity index (χ0) is 9.40. The molecular formula is C6H8N2O4. The van der Waals surface area contributed by atoms with E-state index in [-0.39, 0.29) is 0 Å². The molecule has 0 unspecified atom stereocenters. The summed E-state index contributed by atoms with van der Waals surface area (Å²) in [4.78, 5) is 18.9. The molecule has 0 saturated carbocycles. The molecule has 1 aromatic rings. The van der Waals surface area contributed by atoms with Crippen LogP contribution in [0.2, 0.25) is 0 Å². The molecule has 0 spiro atoms. The molecule has 1 heterocycles. The van der Waals surface area contributed by atoms with Crippen LogP contribution in [-0.4, -0.2) is 32.3 Å². The van der Waals surface area contributed by atoms with Gasteiger partial charge in [-0.05, 0) is 6.07 Å². The van der Waals surface area contributed by atoms with Crippen molar-refractivity contribution in [1.82, 2.24) is 10.2 Å². The molecule has 0 bridgehead atoms. The molecule has 0 aromatic carbocycles. The summed E-state index contributed by atoms with van der Waals surface area (Å²) in [6.07, 6.45) is 2.65. The Morgan fingerprint density at radius 3 is 2.00 bits per heavy atom. The molecule has 3 N–H and O–H groups in total. The van der Waals surface area contributed by atoms with E-state index in [1.807, 2.05) is 6.07 Å². The third-order valence-corrected chi connectivity index (χ3v) is 0.708. The Balaban J connectivity index is 0.000000211. The van der Waals surface area contributed by atoms with E-state index in [0.29, 0.717) is 0 Å². The van der Waals surface area contributed by atoms with E-state index in [0.717, 1.165) is 0 Å². The van der Waals surface area contributed by atoms with Gasteiger partial charge in [-0.2, -0.15) is 5.10 Å². The first-order valence-electron chi connectivity index (χ1n) is 3.00. The molecule has 0 radical (unpaired) electrons. The molecule has 6 heteroatoms. The van der Waals surface area contributed by atoms with Gasteiger partial charge < -0.3 is 10.2 Å². The second-order valence-corrected chi connectivity index (χ2v) is 1.73. The summed E-state index contributed by atoms with van der Waals surface area (Å²) >= 11 is 0.